The summed E-state index contributed by atoms with van der Waals surface area (Å²) in [6.45, 7) is 8.32. The highest BCUT2D eigenvalue weighted by molar-refractivity contribution is 5.92. The van der Waals surface area contributed by atoms with Crippen LogP contribution in [0.15, 0.2) is 54.6 Å². The summed E-state index contributed by atoms with van der Waals surface area (Å²) in [5.74, 6) is 1.26. The Bertz CT molecular complexity index is 569. The van der Waals surface area contributed by atoms with Gasteiger partial charge in [-0.05, 0) is 37.2 Å². The van der Waals surface area contributed by atoms with Gasteiger partial charge in [-0.3, -0.25) is 4.79 Å². The van der Waals surface area contributed by atoms with Crippen molar-refractivity contribution in [1.82, 2.24) is 0 Å². The van der Waals surface area contributed by atoms with E-state index in [4.69, 9.17) is 0 Å². The lowest BCUT2D eigenvalue weighted by atomic mass is 9.51. The summed E-state index contributed by atoms with van der Waals surface area (Å²) in [6, 6.07) is 10.4. The number of Topliss-reactive ketones (excluding diaryl/α,β-unsaturated/α-hetero) is 1. The molecule has 1 nitrogen and oxygen atoms in total. The van der Waals surface area contributed by atoms with Gasteiger partial charge in [0.1, 0.15) is 5.78 Å². The SMILES string of the molecule is C=C(C)[C@@H]1CC2C=CC1(Cc1ccccc1)C(=O)[C@H]2C. The molecule has 0 heterocycles. The summed E-state index contributed by atoms with van der Waals surface area (Å²) < 4.78 is 0. The number of fused-ring (bicyclic) bond motifs is 2. The minimum Gasteiger partial charge on any atom is -0.298 e. The van der Waals surface area contributed by atoms with E-state index in [-0.39, 0.29) is 11.3 Å². The monoisotopic (exact) mass is 266 g/mol. The maximum atomic E-state index is 12.9. The lowest BCUT2D eigenvalue weighted by Crippen LogP contribution is -2.52. The van der Waals surface area contributed by atoms with Crippen LogP contribution in [0.5, 0.6) is 0 Å². The van der Waals surface area contributed by atoms with Crippen LogP contribution in [0.3, 0.4) is 0 Å². The average Bonchev–Trinajstić information content (AvgIpc) is 2.45. The number of hydrogen-bond acceptors (Lipinski definition) is 1. The van der Waals surface area contributed by atoms with Gasteiger partial charge in [0.2, 0.25) is 0 Å². The topological polar surface area (TPSA) is 17.1 Å². The lowest BCUT2D eigenvalue weighted by Gasteiger charge is -2.50. The summed E-state index contributed by atoms with van der Waals surface area (Å²) >= 11 is 0. The fraction of sp³-hybridized carbons (Fsp3) is 0.421. The van der Waals surface area contributed by atoms with E-state index < -0.39 is 0 Å². The molecule has 4 rings (SSSR count). The van der Waals surface area contributed by atoms with Gasteiger partial charge < -0.3 is 0 Å². The average molecular weight is 266 g/mol. The van der Waals surface area contributed by atoms with Gasteiger partial charge in [0.15, 0.2) is 0 Å². The van der Waals surface area contributed by atoms with Crippen LogP contribution in [0.4, 0.5) is 0 Å². The Balaban J connectivity index is 2.04. The van der Waals surface area contributed by atoms with Crippen molar-refractivity contribution in [2.45, 2.75) is 26.7 Å². The Labute approximate surface area is 121 Å². The fourth-order valence-corrected chi connectivity index (χ4v) is 4.06. The van der Waals surface area contributed by atoms with Gasteiger partial charge in [0.25, 0.3) is 0 Å². The quantitative estimate of drug-likeness (QED) is 0.749. The molecule has 1 heteroatoms. The molecule has 0 spiro atoms. The van der Waals surface area contributed by atoms with E-state index in [9.17, 15) is 4.79 Å². The first-order valence-electron chi connectivity index (χ1n) is 7.47. The molecule has 1 aromatic rings. The van der Waals surface area contributed by atoms with Crippen molar-refractivity contribution in [3.8, 4) is 0 Å². The van der Waals surface area contributed by atoms with Crippen molar-refractivity contribution in [3.05, 3.63) is 60.2 Å². The Kier molecular flexibility index (Phi) is 3.16. The molecule has 0 amide bonds. The van der Waals surface area contributed by atoms with E-state index in [0.29, 0.717) is 17.6 Å². The summed E-state index contributed by atoms with van der Waals surface area (Å²) in [5, 5.41) is 0. The molecule has 2 unspecified atom stereocenters. The second-order valence-corrected chi connectivity index (χ2v) is 6.51. The molecule has 1 saturated carbocycles. The van der Waals surface area contributed by atoms with Crippen molar-refractivity contribution in [3.63, 3.8) is 0 Å². The molecule has 3 aliphatic rings. The number of carbonyl (C=O) groups is 1. The third-order valence-electron chi connectivity index (χ3n) is 5.22. The highest BCUT2D eigenvalue weighted by atomic mass is 16.1. The third kappa shape index (κ3) is 1.88. The zero-order valence-electron chi connectivity index (χ0n) is 12.3. The molecule has 2 bridgehead atoms. The summed E-state index contributed by atoms with van der Waals surface area (Å²) in [7, 11) is 0. The molecule has 20 heavy (non-hydrogen) atoms. The van der Waals surface area contributed by atoms with Crippen molar-refractivity contribution in [1.29, 1.82) is 0 Å². The number of benzene rings is 1. The van der Waals surface area contributed by atoms with Crippen molar-refractivity contribution >= 4 is 5.78 Å². The maximum absolute atomic E-state index is 12.9. The van der Waals surface area contributed by atoms with E-state index in [0.717, 1.165) is 18.4 Å². The standard InChI is InChI=1S/C19H22O/c1-13(2)17-11-16-9-10-19(17,18(20)14(16)3)12-15-7-5-4-6-8-15/h4-10,14,16-17H,1,11-12H2,2-3H3/t14-,16?,17-,19?/m0/s1. The first-order chi connectivity index (χ1) is 9.54. The zero-order valence-corrected chi connectivity index (χ0v) is 12.3. The molecule has 1 fully saturated rings. The van der Waals surface area contributed by atoms with Crippen molar-refractivity contribution < 1.29 is 4.79 Å². The molecule has 0 aliphatic heterocycles. The van der Waals surface area contributed by atoms with E-state index >= 15 is 0 Å². The highest BCUT2D eigenvalue weighted by Crippen LogP contribution is 2.53. The van der Waals surface area contributed by atoms with Gasteiger partial charge in [-0.2, -0.15) is 0 Å². The molecule has 0 radical (unpaired) electrons. The third-order valence-corrected chi connectivity index (χ3v) is 5.22. The minimum atomic E-state index is -0.360. The summed E-state index contributed by atoms with van der Waals surface area (Å²) in [4.78, 5) is 12.9. The Morgan fingerprint density at radius 1 is 1.35 bits per heavy atom. The van der Waals surface area contributed by atoms with Crippen LogP contribution in [-0.2, 0) is 11.2 Å². The molecule has 0 N–H and O–H groups in total. The zero-order chi connectivity index (χ0) is 14.3. The fourth-order valence-electron chi connectivity index (χ4n) is 4.06. The molecular formula is C19H22O. The van der Waals surface area contributed by atoms with Gasteiger partial charge in [-0.1, -0.05) is 61.6 Å². The van der Waals surface area contributed by atoms with Gasteiger partial charge in [0.05, 0.1) is 5.41 Å². The normalized spacial score (nSPS) is 35.3. The van der Waals surface area contributed by atoms with Crippen molar-refractivity contribution in [2.24, 2.45) is 23.2 Å². The molecule has 104 valence electrons. The number of carbonyl (C=O) groups excluding carboxylic acids is 1. The van der Waals surface area contributed by atoms with Crippen LogP contribution in [0.25, 0.3) is 0 Å². The van der Waals surface area contributed by atoms with Crippen molar-refractivity contribution in [2.75, 3.05) is 0 Å². The molecule has 1 aromatic carbocycles. The lowest BCUT2D eigenvalue weighted by molar-refractivity contribution is -0.138. The Hall–Kier alpha value is -1.63. The molecular weight excluding hydrogens is 244 g/mol. The molecule has 0 aromatic heterocycles. The number of allylic oxidation sites excluding steroid dienone is 3. The van der Waals surface area contributed by atoms with Gasteiger partial charge in [-0.25, -0.2) is 0 Å². The Morgan fingerprint density at radius 2 is 2.05 bits per heavy atom. The van der Waals surface area contributed by atoms with Crippen LogP contribution < -0.4 is 0 Å². The van der Waals surface area contributed by atoms with Gasteiger partial charge in [0, 0.05) is 5.92 Å². The van der Waals surface area contributed by atoms with Gasteiger partial charge >= 0.3 is 0 Å². The summed E-state index contributed by atoms with van der Waals surface area (Å²) in [6.07, 6.45) is 6.34. The van der Waals surface area contributed by atoms with Crippen LogP contribution >= 0.6 is 0 Å². The van der Waals surface area contributed by atoms with E-state index in [1.165, 1.54) is 5.56 Å². The number of rotatable bonds is 3. The van der Waals surface area contributed by atoms with Crippen LogP contribution in [0.1, 0.15) is 25.8 Å². The second kappa shape index (κ2) is 4.73. The first-order valence-corrected chi connectivity index (χ1v) is 7.47. The molecule has 0 saturated heterocycles. The van der Waals surface area contributed by atoms with E-state index in [1.54, 1.807) is 0 Å². The van der Waals surface area contributed by atoms with Crippen LogP contribution in [0.2, 0.25) is 0 Å². The van der Waals surface area contributed by atoms with E-state index in [1.807, 2.05) is 18.2 Å². The largest absolute Gasteiger partial charge is 0.298 e. The number of ketones is 1. The Morgan fingerprint density at radius 3 is 2.70 bits per heavy atom. The van der Waals surface area contributed by atoms with E-state index in [2.05, 4.69) is 44.7 Å². The minimum absolute atomic E-state index is 0.152. The van der Waals surface area contributed by atoms with Crippen LogP contribution in [-0.4, -0.2) is 5.78 Å². The molecule has 4 atom stereocenters. The second-order valence-electron chi connectivity index (χ2n) is 6.51. The maximum Gasteiger partial charge on any atom is 0.147 e. The summed E-state index contributed by atoms with van der Waals surface area (Å²) in [5.41, 5.74) is 2.03. The predicted molar refractivity (Wildman–Crippen MR) is 82.3 cm³/mol. The van der Waals surface area contributed by atoms with Crippen LogP contribution in [0, 0.1) is 23.2 Å². The van der Waals surface area contributed by atoms with Gasteiger partial charge in [-0.15, -0.1) is 0 Å². The number of hydrogen-bond donors (Lipinski definition) is 0. The molecule has 3 aliphatic carbocycles. The first kappa shape index (κ1) is 13.4. The predicted octanol–water partition coefficient (Wildman–Crippen LogP) is 4.20. The smallest absolute Gasteiger partial charge is 0.147 e. The highest BCUT2D eigenvalue weighted by Gasteiger charge is 2.53.